The number of sulfone groups is 1. The molecule has 0 aliphatic heterocycles. The first kappa shape index (κ1) is 30.8. The van der Waals surface area contributed by atoms with Crippen molar-refractivity contribution in [1.82, 2.24) is 0 Å². The number of hydrogen-bond donors (Lipinski definition) is 0. The molecular weight excluding hydrogens is 528 g/mol. The van der Waals surface area contributed by atoms with Gasteiger partial charge in [0.1, 0.15) is 6.10 Å². The lowest BCUT2D eigenvalue weighted by Gasteiger charge is -2.58. The van der Waals surface area contributed by atoms with E-state index in [-0.39, 0.29) is 29.2 Å². The summed E-state index contributed by atoms with van der Waals surface area (Å²) in [5, 5.41) is 0. The van der Waals surface area contributed by atoms with Crippen molar-refractivity contribution >= 4 is 15.8 Å². The Morgan fingerprint density at radius 3 is 2.44 bits per heavy atom. The summed E-state index contributed by atoms with van der Waals surface area (Å²) in [5.74, 6) is 4.11. The average molecular weight is 583 g/mol. The second-order valence-electron chi connectivity index (χ2n) is 15.1. The molecule has 0 spiro atoms. The fraction of sp³-hybridized carbons (Fsp3) is 0.750. The maximum Gasteiger partial charge on any atom is 0.302 e. The highest BCUT2D eigenvalue weighted by atomic mass is 32.2. The Labute approximate surface area is 250 Å². The predicted molar refractivity (Wildman–Crippen MR) is 166 cm³/mol. The van der Waals surface area contributed by atoms with E-state index in [1.54, 1.807) is 17.7 Å². The molecule has 0 saturated heterocycles. The minimum Gasteiger partial charge on any atom is -0.462 e. The Hall–Kier alpha value is -1.62. The topological polar surface area (TPSA) is 60.4 Å². The molecule has 0 radical (unpaired) electrons. The zero-order chi connectivity index (χ0) is 29.6. The van der Waals surface area contributed by atoms with Gasteiger partial charge in [0, 0.05) is 13.3 Å². The van der Waals surface area contributed by atoms with E-state index in [1.165, 1.54) is 45.4 Å². The number of carbonyl (C=O) groups is 1. The van der Waals surface area contributed by atoms with Gasteiger partial charge in [-0.05, 0) is 117 Å². The van der Waals surface area contributed by atoms with E-state index in [4.69, 9.17) is 4.74 Å². The third kappa shape index (κ3) is 6.08. The molecule has 41 heavy (non-hydrogen) atoms. The summed E-state index contributed by atoms with van der Waals surface area (Å²) in [6.45, 7) is 13.3. The fourth-order valence-electron chi connectivity index (χ4n) is 10.2. The summed E-state index contributed by atoms with van der Waals surface area (Å²) in [4.78, 5) is 12.0. The Morgan fingerprint density at radius 2 is 1.73 bits per heavy atom. The lowest BCUT2D eigenvalue weighted by molar-refractivity contribution is -0.148. The summed E-state index contributed by atoms with van der Waals surface area (Å²) >= 11 is 0. The van der Waals surface area contributed by atoms with E-state index in [2.05, 4.69) is 33.8 Å². The normalized spacial score (nSPS) is 36.3. The number of ether oxygens (including phenoxy) is 1. The largest absolute Gasteiger partial charge is 0.462 e. The van der Waals surface area contributed by atoms with Crippen molar-refractivity contribution in [1.29, 1.82) is 0 Å². The first-order chi connectivity index (χ1) is 19.3. The van der Waals surface area contributed by atoms with E-state index >= 15 is 0 Å². The zero-order valence-corrected chi connectivity index (χ0v) is 27.3. The molecule has 0 heterocycles. The SMILES string of the molecule is CC(=O)O[C@@H]1CC[C@@]2(C)C(=CC[C@H]3[C@@H]4CC[C@H]([C@H](C)CCCC(C)CS(=O)(=O)c5ccc(C)cc5)[C@@]4(C)CC[C@@H]32)C1. The summed E-state index contributed by atoms with van der Waals surface area (Å²) in [6.07, 6.45) is 15.6. The van der Waals surface area contributed by atoms with Crippen molar-refractivity contribution in [3.8, 4) is 0 Å². The van der Waals surface area contributed by atoms with E-state index in [9.17, 15) is 13.2 Å². The smallest absolute Gasteiger partial charge is 0.302 e. The van der Waals surface area contributed by atoms with Gasteiger partial charge in [0.2, 0.25) is 0 Å². The van der Waals surface area contributed by atoms with Gasteiger partial charge in [-0.15, -0.1) is 0 Å². The van der Waals surface area contributed by atoms with E-state index in [0.29, 0.717) is 16.2 Å². The van der Waals surface area contributed by atoms with Crippen LogP contribution in [-0.2, 0) is 19.4 Å². The highest BCUT2D eigenvalue weighted by molar-refractivity contribution is 7.91. The highest BCUT2D eigenvalue weighted by Gasteiger charge is 2.59. The van der Waals surface area contributed by atoms with Crippen molar-refractivity contribution in [2.24, 2.45) is 46.3 Å². The van der Waals surface area contributed by atoms with Gasteiger partial charge >= 0.3 is 5.97 Å². The summed E-state index contributed by atoms with van der Waals surface area (Å²) in [5.41, 5.74) is 3.36. The number of carbonyl (C=O) groups excluding carboxylic acids is 1. The Bertz CT molecular complexity index is 1230. The molecule has 4 aliphatic rings. The number of hydrogen-bond acceptors (Lipinski definition) is 4. The van der Waals surface area contributed by atoms with Crippen LogP contribution in [0.2, 0.25) is 0 Å². The predicted octanol–water partition coefficient (Wildman–Crippen LogP) is 8.72. The maximum atomic E-state index is 12.9. The van der Waals surface area contributed by atoms with Crippen LogP contribution in [0.15, 0.2) is 40.8 Å². The van der Waals surface area contributed by atoms with Crippen molar-refractivity contribution in [2.75, 3.05) is 5.75 Å². The molecule has 3 fully saturated rings. The van der Waals surface area contributed by atoms with Crippen LogP contribution >= 0.6 is 0 Å². The van der Waals surface area contributed by atoms with Crippen LogP contribution in [0, 0.1) is 53.3 Å². The van der Waals surface area contributed by atoms with Crippen molar-refractivity contribution in [3.05, 3.63) is 41.5 Å². The standard InChI is InChI=1S/C36H54O4S/c1-24-10-13-30(14-11-24)41(38,39)23-25(2)8-7-9-26(3)32-16-17-33-31-15-12-28-22-29(40-27(4)37)18-20-35(28,5)34(31)19-21-36(32,33)6/h10-14,25-26,29,31-34H,7-9,15-23H2,1-6H3/t25?,26-,29-,31+,32-,33+,34+,35+,36-/m1/s1. The van der Waals surface area contributed by atoms with Crippen LogP contribution < -0.4 is 0 Å². The first-order valence-corrected chi connectivity index (χ1v) is 18.1. The quantitative estimate of drug-likeness (QED) is 0.216. The Balaban J connectivity index is 1.16. The molecule has 1 unspecified atom stereocenters. The molecule has 9 atom stereocenters. The number of esters is 1. The molecule has 228 valence electrons. The maximum absolute atomic E-state index is 12.9. The molecule has 3 saturated carbocycles. The summed E-state index contributed by atoms with van der Waals surface area (Å²) in [7, 11) is -3.23. The first-order valence-electron chi connectivity index (χ1n) is 16.5. The molecule has 0 N–H and O–H groups in total. The summed E-state index contributed by atoms with van der Waals surface area (Å²) < 4.78 is 31.5. The van der Waals surface area contributed by atoms with Crippen LogP contribution in [0.25, 0.3) is 0 Å². The van der Waals surface area contributed by atoms with Gasteiger partial charge in [0.25, 0.3) is 0 Å². The fourth-order valence-corrected chi connectivity index (χ4v) is 11.9. The second-order valence-corrected chi connectivity index (χ2v) is 17.1. The van der Waals surface area contributed by atoms with E-state index in [1.807, 2.05) is 19.1 Å². The minimum absolute atomic E-state index is 0.0689. The number of fused-ring (bicyclic) bond motifs is 5. The van der Waals surface area contributed by atoms with Crippen molar-refractivity contribution in [2.45, 2.75) is 123 Å². The molecule has 5 rings (SSSR count). The molecule has 0 amide bonds. The monoisotopic (exact) mass is 582 g/mol. The van der Waals surface area contributed by atoms with Gasteiger partial charge in [-0.2, -0.15) is 0 Å². The molecule has 5 heteroatoms. The van der Waals surface area contributed by atoms with Crippen molar-refractivity contribution < 1.29 is 17.9 Å². The van der Waals surface area contributed by atoms with Gasteiger partial charge in [-0.3, -0.25) is 4.79 Å². The molecule has 1 aromatic rings. The van der Waals surface area contributed by atoms with Crippen LogP contribution in [-0.4, -0.2) is 26.2 Å². The summed E-state index contributed by atoms with van der Waals surface area (Å²) in [6, 6.07) is 7.29. The number of allylic oxidation sites excluding steroid dienone is 1. The highest BCUT2D eigenvalue weighted by Crippen LogP contribution is 2.67. The lowest BCUT2D eigenvalue weighted by atomic mass is 9.47. The van der Waals surface area contributed by atoms with E-state index < -0.39 is 9.84 Å². The van der Waals surface area contributed by atoms with E-state index in [0.717, 1.165) is 61.3 Å². The number of aryl methyl sites for hydroxylation is 1. The molecule has 1 aromatic carbocycles. The minimum atomic E-state index is -3.23. The number of benzene rings is 1. The Kier molecular flexibility index (Phi) is 8.88. The zero-order valence-electron chi connectivity index (χ0n) is 26.5. The molecule has 4 aliphatic carbocycles. The number of rotatable bonds is 9. The van der Waals surface area contributed by atoms with Crippen LogP contribution in [0.4, 0.5) is 0 Å². The average Bonchev–Trinajstić information content (AvgIpc) is 3.26. The third-order valence-electron chi connectivity index (χ3n) is 12.4. The van der Waals surface area contributed by atoms with Crippen LogP contribution in [0.3, 0.4) is 0 Å². The van der Waals surface area contributed by atoms with Crippen LogP contribution in [0.5, 0.6) is 0 Å². The molecule has 0 aromatic heterocycles. The molecular formula is C36H54O4S. The van der Waals surface area contributed by atoms with Crippen molar-refractivity contribution in [3.63, 3.8) is 0 Å². The van der Waals surface area contributed by atoms with Gasteiger partial charge in [0.15, 0.2) is 9.84 Å². The second kappa shape index (κ2) is 11.8. The third-order valence-corrected chi connectivity index (χ3v) is 14.4. The lowest BCUT2D eigenvalue weighted by Crippen LogP contribution is -2.51. The van der Waals surface area contributed by atoms with Gasteiger partial charge < -0.3 is 4.74 Å². The molecule has 4 nitrogen and oxygen atoms in total. The van der Waals surface area contributed by atoms with Crippen LogP contribution in [0.1, 0.15) is 111 Å². The van der Waals surface area contributed by atoms with Gasteiger partial charge in [0.05, 0.1) is 10.6 Å². The van der Waals surface area contributed by atoms with Gasteiger partial charge in [-0.25, -0.2) is 8.42 Å². The Morgan fingerprint density at radius 1 is 1.00 bits per heavy atom. The van der Waals surface area contributed by atoms with Gasteiger partial charge in [-0.1, -0.05) is 69.9 Å². The molecule has 0 bridgehead atoms.